The molecule has 0 unspecified atom stereocenters. The molecule has 1 aliphatic rings. The van der Waals surface area contributed by atoms with Crippen molar-refractivity contribution in [1.82, 2.24) is 0 Å². The minimum atomic E-state index is -0.347. The van der Waals surface area contributed by atoms with E-state index in [2.05, 4.69) is 13.8 Å². The largest absolute Gasteiger partial charge is 0.493 e. The number of benzene rings is 2. The van der Waals surface area contributed by atoms with Crippen LogP contribution < -0.4 is 9.47 Å². The summed E-state index contributed by atoms with van der Waals surface area (Å²) in [4.78, 5) is 27.5. The molecule has 2 aromatic carbocycles. The second kappa shape index (κ2) is 17.7. The van der Waals surface area contributed by atoms with Crippen molar-refractivity contribution in [3.05, 3.63) is 56.6 Å². The molecule has 6 heteroatoms. The molecule has 0 amide bonds. The Balaban J connectivity index is 1.68. The molecule has 40 heavy (non-hydrogen) atoms. The molecule has 0 saturated carbocycles. The van der Waals surface area contributed by atoms with E-state index in [1.54, 1.807) is 24.3 Å². The topological polar surface area (TPSA) is 52.6 Å². The Morgan fingerprint density at radius 2 is 0.800 bits per heavy atom. The van der Waals surface area contributed by atoms with Crippen LogP contribution in [-0.2, 0) is 0 Å². The van der Waals surface area contributed by atoms with Gasteiger partial charge >= 0.3 is 0 Å². The molecule has 4 nitrogen and oxygen atoms in total. The van der Waals surface area contributed by atoms with Crippen molar-refractivity contribution < 1.29 is 19.1 Å². The summed E-state index contributed by atoms with van der Waals surface area (Å²) in [5.74, 6) is 0.107. The normalized spacial score (nSPS) is 12.4. The van der Waals surface area contributed by atoms with Gasteiger partial charge < -0.3 is 9.47 Å². The summed E-state index contributed by atoms with van der Waals surface area (Å²) < 4.78 is 12.2. The van der Waals surface area contributed by atoms with Crippen LogP contribution in [0.4, 0.5) is 0 Å². The number of halogens is 2. The maximum absolute atomic E-state index is 13.8. The molecular formula is C34H46Cl2O4. The summed E-state index contributed by atoms with van der Waals surface area (Å²) in [6.07, 6.45) is 19.0. The van der Waals surface area contributed by atoms with Gasteiger partial charge in [-0.3, -0.25) is 9.59 Å². The zero-order valence-electron chi connectivity index (χ0n) is 24.4. The third-order valence-corrected chi connectivity index (χ3v) is 8.28. The second-order valence-corrected chi connectivity index (χ2v) is 11.7. The highest BCUT2D eigenvalue weighted by atomic mass is 35.5. The number of fused-ring (bicyclic) bond motifs is 2. The van der Waals surface area contributed by atoms with E-state index in [1.165, 1.54) is 77.0 Å². The van der Waals surface area contributed by atoms with Crippen molar-refractivity contribution in [3.63, 3.8) is 0 Å². The van der Waals surface area contributed by atoms with Crippen molar-refractivity contribution in [1.29, 1.82) is 0 Å². The van der Waals surface area contributed by atoms with Gasteiger partial charge in [0.05, 0.1) is 45.5 Å². The molecule has 0 saturated heterocycles. The second-order valence-electron chi connectivity index (χ2n) is 10.9. The molecule has 0 N–H and O–H groups in total. The molecular weight excluding hydrogens is 543 g/mol. The lowest BCUT2D eigenvalue weighted by Gasteiger charge is -2.24. The van der Waals surface area contributed by atoms with Crippen molar-refractivity contribution in [3.8, 4) is 11.5 Å². The Labute approximate surface area is 251 Å². The molecule has 0 fully saturated rings. The van der Waals surface area contributed by atoms with Gasteiger partial charge in [0.2, 0.25) is 0 Å². The van der Waals surface area contributed by atoms with Crippen molar-refractivity contribution in [2.75, 3.05) is 13.2 Å². The molecule has 1 aliphatic carbocycles. The van der Waals surface area contributed by atoms with Gasteiger partial charge in [0, 0.05) is 0 Å². The Morgan fingerprint density at radius 3 is 1.15 bits per heavy atom. The lowest BCUT2D eigenvalue weighted by molar-refractivity contribution is 0.0972. The number of carbonyl (C=O) groups is 2. The van der Waals surface area contributed by atoms with Gasteiger partial charge in [0.25, 0.3) is 0 Å². The first kappa shape index (κ1) is 32.5. The molecule has 2 aromatic rings. The predicted octanol–water partition coefficient (Wildman–Crippen LogP) is 10.8. The van der Waals surface area contributed by atoms with Gasteiger partial charge in [-0.05, 0) is 37.1 Å². The van der Waals surface area contributed by atoms with Gasteiger partial charge in [-0.25, -0.2) is 0 Å². The summed E-state index contributed by atoms with van der Waals surface area (Å²) in [5.41, 5.74) is 0.747. The van der Waals surface area contributed by atoms with Crippen molar-refractivity contribution >= 4 is 34.8 Å². The molecule has 0 aliphatic heterocycles. The molecule has 0 bridgehead atoms. The standard InChI is InChI=1S/C34H46Cl2O4/c1-3-5-7-9-11-13-15-17-23-39-27-21-22-28(40-24-18-16-14-12-10-8-6-4-2)32-31(27)33(37)29-25(35)19-20-26(36)30(29)34(32)38/h19-22H,3-18,23-24H2,1-2H3. The Hall–Kier alpha value is -2.04. The summed E-state index contributed by atoms with van der Waals surface area (Å²) >= 11 is 12.8. The first-order valence-electron chi connectivity index (χ1n) is 15.5. The lowest BCUT2D eigenvalue weighted by Crippen LogP contribution is -2.24. The Morgan fingerprint density at radius 1 is 0.475 bits per heavy atom. The average Bonchev–Trinajstić information content (AvgIpc) is 2.95. The van der Waals surface area contributed by atoms with Crippen molar-refractivity contribution in [2.45, 2.75) is 117 Å². The molecule has 0 radical (unpaired) electrons. The van der Waals surface area contributed by atoms with E-state index in [1.807, 2.05) is 0 Å². The van der Waals surface area contributed by atoms with Crippen LogP contribution in [0.1, 0.15) is 148 Å². The van der Waals surface area contributed by atoms with E-state index >= 15 is 0 Å². The van der Waals surface area contributed by atoms with E-state index < -0.39 is 0 Å². The third kappa shape index (κ3) is 8.98. The minimum absolute atomic E-state index is 0.142. The zero-order chi connectivity index (χ0) is 28.7. The SMILES string of the molecule is CCCCCCCCCCOc1ccc(OCCCCCCCCCC)c2c1C(=O)c1c(Cl)ccc(Cl)c1C2=O. The van der Waals surface area contributed by atoms with Crippen LogP contribution in [0.2, 0.25) is 10.0 Å². The number of rotatable bonds is 20. The van der Waals surface area contributed by atoms with E-state index in [4.69, 9.17) is 32.7 Å². The van der Waals surface area contributed by atoms with Gasteiger partial charge in [-0.1, -0.05) is 127 Å². The number of unbranched alkanes of at least 4 members (excludes halogenated alkanes) is 14. The molecule has 0 spiro atoms. The maximum atomic E-state index is 13.8. The van der Waals surface area contributed by atoms with Gasteiger partial charge in [-0.15, -0.1) is 0 Å². The van der Waals surface area contributed by atoms with Crippen molar-refractivity contribution in [2.24, 2.45) is 0 Å². The van der Waals surface area contributed by atoms with Gasteiger partial charge in [0.15, 0.2) is 11.6 Å². The monoisotopic (exact) mass is 588 g/mol. The fraction of sp³-hybridized carbons (Fsp3) is 0.588. The predicted molar refractivity (Wildman–Crippen MR) is 166 cm³/mol. The highest BCUT2D eigenvalue weighted by Gasteiger charge is 2.38. The van der Waals surface area contributed by atoms with E-state index in [9.17, 15) is 9.59 Å². The van der Waals surface area contributed by atoms with Gasteiger partial charge in [0.1, 0.15) is 11.5 Å². The Kier molecular flexibility index (Phi) is 14.4. The quantitative estimate of drug-likeness (QED) is 0.123. The third-order valence-electron chi connectivity index (χ3n) is 7.65. The van der Waals surface area contributed by atoms with Gasteiger partial charge in [-0.2, -0.15) is 0 Å². The van der Waals surface area contributed by atoms with Crippen LogP contribution in [-0.4, -0.2) is 24.8 Å². The fourth-order valence-electron chi connectivity index (χ4n) is 5.34. The first-order valence-corrected chi connectivity index (χ1v) is 16.3. The smallest absolute Gasteiger partial charge is 0.199 e. The van der Waals surface area contributed by atoms with Crippen LogP contribution in [0, 0.1) is 0 Å². The van der Waals surface area contributed by atoms with E-state index in [0.29, 0.717) is 24.7 Å². The Bertz CT molecular complexity index is 1030. The average molecular weight is 590 g/mol. The molecule has 0 heterocycles. The van der Waals surface area contributed by atoms with Crippen LogP contribution >= 0.6 is 23.2 Å². The summed E-state index contributed by atoms with van der Waals surface area (Å²) in [7, 11) is 0. The first-order chi connectivity index (χ1) is 19.5. The van der Waals surface area contributed by atoms with Crippen LogP contribution in [0.25, 0.3) is 0 Å². The molecule has 0 atom stereocenters. The summed E-state index contributed by atoms with van der Waals surface area (Å²) in [6.45, 7) is 5.42. The van der Waals surface area contributed by atoms with E-state index in [-0.39, 0.29) is 43.9 Å². The molecule has 0 aromatic heterocycles. The number of carbonyl (C=O) groups excluding carboxylic acids is 2. The maximum Gasteiger partial charge on any atom is 0.199 e. The van der Waals surface area contributed by atoms with Crippen LogP contribution in [0.5, 0.6) is 11.5 Å². The zero-order valence-corrected chi connectivity index (χ0v) is 25.9. The highest BCUT2D eigenvalue weighted by Crippen LogP contribution is 2.42. The number of ketones is 2. The lowest BCUT2D eigenvalue weighted by atomic mass is 9.83. The van der Waals surface area contributed by atoms with E-state index in [0.717, 1.165) is 25.7 Å². The summed E-state index contributed by atoms with van der Waals surface area (Å²) in [5, 5.41) is 0.422. The van der Waals surface area contributed by atoms with Crippen LogP contribution in [0.3, 0.4) is 0 Å². The summed E-state index contributed by atoms with van der Waals surface area (Å²) in [6, 6.07) is 6.62. The minimum Gasteiger partial charge on any atom is -0.493 e. The highest BCUT2D eigenvalue weighted by molar-refractivity contribution is 6.44. The number of ether oxygens (including phenoxy) is 2. The number of hydrogen-bond donors (Lipinski definition) is 0. The fourth-order valence-corrected chi connectivity index (χ4v) is 5.82. The number of hydrogen-bond acceptors (Lipinski definition) is 4. The molecule has 220 valence electrons. The van der Waals surface area contributed by atoms with Crippen LogP contribution in [0.15, 0.2) is 24.3 Å². The molecule has 3 rings (SSSR count).